The molecule has 0 spiro atoms. The van der Waals surface area contributed by atoms with E-state index in [4.69, 9.17) is 4.74 Å². The molecule has 0 saturated carbocycles. The first-order chi connectivity index (χ1) is 8.71. The topological polar surface area (TPSA) is 42.3 Å². The average Bonchev–Trinajstić information content (AvgIpc) is 2.78. The zero-order valence-corrected chi connectivity index (χ0v) is 12.0. The van der Waals surface area contributed by atoms with Crippen LogP contribution in [-0.2, 0) is 11.3 Å². The third-order valence-corrected chi connectivity index (χ3v) is 3.06. The maximum Gasteiger partial charge on any atom is 0.203 e. The van der Waals surface area contributed by atoms with Gasteiger partial charge in [0.25, 0.3) is 0 Å². The first-order valence-electron chi connectivity index (χ1n) is 6.70. The van der Waals surface area contributed by atoms with Gasteiger partial charge >= 0.3 is 0 Å². The summed E-state index contributed by atoms with van der Waals surface area (Å²) in [6.07, 6.45) is 3.86. The maximum absolute atomic E-state index is 5.12. The van der Waals surface area contributed by atoms with Crippen molar-refractivity contribution in [3.8, 4) is 0 Å². The highest BCUT2D eigenvalue weighted by molar-refractivity contribution is 5.27. The number of imidazole rings is 1. The Balaban J connectivity index is 2.49. The third-order valence-electron chi connectivity index (χ3n) is 3.06. The molecular weight excluding hydrogens is 228 g/mol. The van der Waals surface area contributed by atoms with Gasteiger partial charge in [-0.1, -0.05) is 13.8 Å². The summed E-state index contributed by atoms with van der Waals surface area (Å²) < 4.78 is 7.27. The van der Waals surface area contributed by atoms with E-state index in [-0.39, 0.29) is 6.04 Å². The number of hydrogen-bond donors (Lipinski definition) is 1. The molecule has 1 rings (SSSR count). The van der Waals surface area contributed by atoms with Crippen molar-refractivity contribution in [2.75, 3.05) is 38.7 Å². The van der Waals surface area contributed by atoms with Crippen LogP contribution in [0.3, 0.4) is 0 Å². The summed E-state index contributed by atoms with van der Waals surface area (Å²) in [6.45, 7) is 11.4. The Morgan fingerprint density at radius 2 is 2.17 bits per heavy atom. The Kier molecular flexibility index (Phi) is 6.75. The Labute approximate surface area is 110 Å². The number of hydrogen-bond acceptors (Lipinski definition) is 4. The van der Waals surface area contributed by atoms with Crippen molar-refractivity contribution in [3.05, 3.63) is 12.4 Å². The molecule has 1 atom stereocenters. The van der Waals surface area contributed by atoms with Crippen LogP contribution in [0.15, 0.2) is 12.4 Å². The molecule has 1 aromatic heterocycles. The summed E-state index contributed by atoms with van der Waals surface area (Å²) in [5, 5.41) is 3.36. The van der Waals surface area contributed by atoms with Crippen LogP contribution >= 0.6 is 0 Å². The van der Waals surface area contributed by atoms with E-state index in [1.165, 1.54) is 0 Å². The quantitative estimate of drug-likeness (QED) is 0.728. The molecule has 0 radical (unpaired) electrons. The van der Waals surface area contributed by atoms with E-state index < -0.39 is 0 Å². The lowest BCUT2D eigenvalue weighted by molar-refractivity contribution is 0.190. The van der Waals surface area contributed by atoms with Crippen LogP contribution in [0.4, 0.5) is 5.95 Å². The molecule has 0 amide bonds. The number of likely N-dealkylation sites (N-methyl/N-ethyl adjacent to an activating group) is 1. The van der Waals surface area contributed by atoms with Gasteiger partial charge in [-0.3, -0.25) is 0 Å². The minimum Gasteiger partial charge on any atom is -0.383 e. The zero-order valence-electron chi connectivity index (χ0n) is 12.0. The van der Waals surface area contributed by atoms with Crippen LogP contribution in [0.25, 0.3) is 0 Å². The molecule has 18 heavy (non-hydrogen) atoms. The highest BCUT2D eigenvalue weighted by atomic mass is 16.5. The van der Waals surface area contributed by atoms with Crippen molar-refractivity contribution < 1.29 is 4.74 Å². The number of nitrogens with one attached hydrogen (secondary N) is 1. The van der Waals surface area contributed by atoms with Gasteiger partial charge in [0.1, 0.15) is 0 Å². The smallest absolute Gasteiger partial charge is 0.203 e. The second-order valence-electron chi connectivity index (χ2n) is 4.47. The molecule has 104 valence electrons. The van der Waals surface area contributed by atoms with Gasteiger partial charge in [0.05, 0.1) is 6.61 Å². The van der Waals surface area contributed by atoms with Crippen LogP contribution in [0, 0.1) is 0 Å². The zero-order chi connectivity index (χ0) is 13.4. The van der Waals surface area contributed by atoms with Crippen LogP contribution < -0.4 is 5.32 Å². The second kappa shape index (κ2) is 8.11. The lowest BCUT2D eigenvalue weighted by Gasteiger charge is -2.20. The van der Waals surface area contributed by atoms with Gasteiger partial charge in [-0.15, -0.1) is 0 Å². The highest BCUT2D eigenvalue weighted by Crippen LogP contribution is 2.06. The second-order valence-corrected chi connectivity index (χ2v) is 4.47. The highest BCUT2D eigenvalue weighted by Gasteiger charge is 2.07. The van der Waals surface area contributed by atoms with Crippen molar-refractivity contribution in [1.29, 1.82) is 0 Å². The number of aromatic nitrogens is 2. The molecule has 1 heterocycles. The molecule has 1 unspecified atom stereocenters. The van der Waals surface area contributed by atoms with Crippen LogP contribution in [0.2, 0.25) is 0 Å². The molecule has 0 aliphatic rings. The molecule has 5 heteroatoms. The van der Waals surface area contributed by atoms with Gasteiger partial charge in [-0.2, -0.15) is 0 Å². The monoisotopic (exact) mass is 254 g/mol. The predicted octanol–water partition coefficient (Wildman–Crippen LogP) is 1.67. The van der Waals surface area contributed by atoms with E-state index in [9.17, 15) is 0 Å². The molecule has 0 bridgehead atoms. The lowest BCUT2D eigenvalue weighted by atomic mass is 10.4. The summed E-state index contributed by atoms with van der Waals surface area (Å²) in [4.78, 5) is 6.75. The predicted molar refractivity (Wildman–Crippen MR) is 75.0 cm³/mol. The number of ether oxygens (including phenoxy) is 1. The summed E-state index contributed by atoms with van der Waals surface area (Å²) >= 11 is 0. The first-order valence-corrected chi connectivity index (χ1v) is 6.70. The summed E-state index contributed by atoms with van der Waals surface area (Å²) in [5.74, 6) is 0.923. The van der Waals surface area contributed by atoms with Crippen molar-refractivity contribution >= 4 is 5.95 Å². The first kappa shape index (κ1) is 15.0. The van der Waals surface area contributed by atoms with Crippen molar-refractivity contribution in [1.82, 2.24) is 14.5 Å². The van der Waals surface area contributed by atoms with E-state index in [2.05, 4.69) is 40.5 Å². The number of rotatable bonds is 9. The fourth-order valence-electron chi connectivity index (χ4n) is 1.93. The molecule has 5 nitrogen and oxygen atoms in total. The van der Waals surface area contributed by atoms with E-state index in [0.717, 1.165) is 32.1 Å². The maximum atomic E-state index is 5.12. The molecule has 0 saturated heterocycles. The Bertz CT molecular complexity index is 323. The lowest BCUT2D eigenvalue weighted by Crippen LogP contribution is -2.28. The molecular formula is C13H26N4O. The van der Waals surface area contributed by atoms with Crippen LogP contribution in [0.5, 0.6) is 0 Å². The number of anilines is 1. The van der Waals surface area contributed by atoms with Crippen molar-refractivity contribution in [2.45, 2.75) is 33.4 Å². The van der Waals surface area contributed by atoms with Crippen LogP contribution in [0.1, 0.15) is 20.8 Å². The third kappa shape index (κ3) is 4.66. The minimum absolute atomic E-state index is 0.268. The minimum atomic E-state index is 0.268. The van der Waals surface area contributed by atoms with Gasteiger partial charge in [0.15, 0.2) is 0 Å². The van der Waals surface area contributed by atoms with E-state index in [1.807, 2.05) is 12.4 Å². The Morgan fingerprint density at radius 3 is 2.78 bits per heavy atom. The largest absolute Gasteiger partial charge is 0.383 e. The van der Waals surface area contributed by atoms with Gasteiger partial charge in [-0.05, 0) is 20.0 Å². The summed E-state index contributed by atoms with van der Waals surface area (Å²) in [5.41, 5.74) is 0. The van der Waals surface area contributed by atoms with Gasteiger partial charge in [-0.25, -0.2) is 4.98 Å². The number of methoxy groups -OCH3 is 1. The standard InChI is InChI=1S/C13H26N4O/c1-5-16(6-2)9-10-17-8-7-14-13(17)15-12(3)11-18-4/h7-8,12H,5-6,9-11H2,1-4H3,(H,14,15). The van der Waals surface area contributed by atoms with Gasteiger partial charge in [0, 0.05) is 38.6 Å². The molecule has 0 aromatic carbocycles. The molecule has 1 N–H and O–H groups in total. The summed E-state index contributed by atoms with van der Waals surface area (Å²) in [6, 6.07) is 0.268. The van der Waals surface area contributed by atoms with Gasteiger partial charge < -0.3 is 19.5 Å². The molecule has 0 fully saturated rings. The van der Waals surface area contributed by atoms with Gasteiger partial charge in [0.2, 0.25) is 5.95 Å². The van der Waals surface area contributed by atoms with E-state index in [1.54, 1.807) is 7.11 Å². The molecule has 1 aromatic rings. The average molecular weight is 254 g/mol. The summed E-state index contributed by atoms with van der Waals surface area (Å²) in [7, 11) is 1.71. The SMILES string of the molecule is CCN(CC)CCn1ccnc1NC(C)COC. The molecule has 0 aliphatic carbocycles. The normalized spacial score (nSPS) is 12.9. The number of nitrogens with zero attached hydrogens (tertiary/aromatic N) is 3. The Hall–Kier alpha value is -1.07. The van der Waals surface area contributed by atoms with Crippen molar-refractivity contribution in [2.24, 2.45) is 0 Å². The molecule has 0 aliphatic heterocycles. The van der Waals surface area contributed by atoms with E-state index in [0.29, 0.717) is 6.61 Å². The Morgan fingerprint density at radius 1 is 1.44 bits per heavy atom. The van der Waals surface area contributed by atoms with Crippen molar-refractivity contribution in [3.63, 3.8) is 0 Å². The van der Waals surface area contributed by atoms with Crippen LogP contribution in [-0.4, -0.2) is 53.8 Å². The van der Waals surface area contributed by atoms with E-state index >= 15 is 0 Å². The fraction of sp³-hybridized carbons (Fsp3) is 0.769. The fourth-order valence-corrected chi connectivity index (χ4v) is 1.93.